The van der Waals surface area contributed by atoms with Crippen molar-refractivity contribution >= 4 is 11.9 Å². The van der Waals surface area contributed by atoms with Crippen LogP contribution in [0.5, 0.6) is 5.75 Å². The second-order valence-electron chi connectivity index (χ2n) is 6.35. The van der Waals surface area contributed by atoms with Gasteiger partial charge in [0.1, 0.15) is 11.8 Å². The lowest BCUT2D eigenvalue weighted by Gasteiger charge is -2.25. The Hall–Kier alpha value is -2.04. The minimum absolute atomic E-state index is 0.0811. The number of carboxylic acids is 1. The molecule has 0 saturated carbocycles. The molecular formula is C18H27NO4. The summed E-state index contributed by atoms with van der Waals surface area (Å²) >= 11 is 0. The van der Waals surface area contributed by atoms with Gasteiger partial charge in [-0.2, -0.15) is 0 Å². The lowest BCUT2D eigenvalue weighted by molar-refractivity contribution is -0.144. The summed E-state index contributed by atoms with van der Waals surface area (Å²) in [5, 5.41) is 11.8. The monoisotopic (exact) mass is 321 g/mol. The quantitative estimate of drug-likeness (QED) is 0.772. The molecule has 1 amide bonds. The molecule has 0 spiro atoms. The van der Waals surface area contributed by atoms with Gasteiger partial charge < -0.3 is 15.2 Å². The minimum Gasteiger partial charge on any atom is -0.480 e. The number of hydrogen-bond donors (Lipinski definition) is 2. The molecule has 5 nitrogen and oxygen atoms in total. The summed E-state index contributed by atoms with van der Waals surface area (Å²) in [6, 6.07) is 6.66. The van der Waals surface area contributed by atoms with Gasteiger partial charge in [-0.25, -0.2) is 4.79 Å². The van der Waals surface area contributed by atoms with Crippen LogP contribution in [0.15, 0.2) is 24.3 Å². The highest BCUT2D eigenvalue weighted by Crippen LogP contribution is 2.18. The number of aryl methyl sites for hydroxylation is 1. The number of rotatable bonds is 8. The number of carbonyl (C=O) groups is 2. The van der Waals surface area contributed by atoms with Crippen molar-refractivity contribution in [3.05, 3.63) is 29.8 Å². The summed E-state index contributed by atoms with van der Waals surface area (Å²) < 4.78 is 5.79. The van der Waals surface area contributed by atoms with E-state index in [4.69, 9.17) is 4.74 Å². The first kappa shape index (κ1) is 19.0. The van der Waals surface area contributed by atoms with Gasteiger partial charge in [0.15, 0.2) is 6.10 Å². The van der Waals surface area contributed by atoms with E-state index < -0.39 is 24.0 Å². The fourth-order valence-corrected chi connectivity index (χ4v) is 2.19. The van der Waals surface area contributed by atoms with Crippen molar-refractivity contribution in [3.63, 3.8) is 0 Å². The van der Waals surface area contributed by atoms with E-state index in [1.807, 2.05) is 38.1 Å². The molecule has 1 aromatic carbocycles. The van der Waals surface area contributed by atoms with Gasteiger partial charge in [-0.1, -0.05) is 46.8 Å². The fourth-order valence-electron chi connectivity index (χ4n) is 2.19. The Morgan fingerprint density at radius 1 is 1.09 bits per heavy atom. The lowest BCUT2D eigenvalue weighted by Crippen LogP contribution is -2.51. The molecule has 0 aromatic heterocycles. The Kier molecular flexibility index (Phi) is 7.07. The molecule has 128 valence electrons. The van der Waals surface area contributed by atoms with Crippen molar-refractivity contribution in [2.75, 3.05) is 0 Å². The largest absolute Gasteiger partial charge is 0.480 e. The van der Waals surface area contributed by atoms with Gasteiger partial charge in [-0.05, 0) is 36.0 Å². The van der Waals surface area contributed by atoms with Gasteiger partial charge in [0, 0.05) is 0 Å². The van der Waals surface area contributed by atoms with Crippen LogP contribution in [-0.2, 0) is 16.0 Å². The predicted molar refractivity (Wildman–Crippen MR) is 89.5 cm³/mol. The van der Waals surface area contributed by atoms with Gasteiger partial charge in [0.05, 0.1) is 0 Å². The molecule has 0 saturated heterocycles. The molecule has 0 bridgehead atoms. The molecule has 1 rings (SSSR count). The molecular weight excluding hydrogens is 294 g/mol. The Morgan fingerprint density at radius 3 is 2.04 bits per heavy atom. The highest BCUT2D eigenvalue weighted by Gasteiger charge is 2.30. The third kappa shape index (κ3) is 5.58. The van der Waals surface area contributed by atoms with Crippen LogP contribution in [0, 0.1) is 11.8 Å². The second-order valence-corrected chi connectivity index (χ2v) is 6.35. The van der Waals surface area contributed by atoms with Crippen LogP contribution in [0.2, 0.25) is 0 Å². The van der Waals surface area contributed by atoms with Gasteiger partial charge in [0.2, 0.25) is 0 Å². The van der Waals surface area contributed by atoms with E-state index in [1.165, 1.54) is 5.56 Å². The molecule has 2 unspecified atom stereocenters. The SMILES string of the molecule is CCc1ccc(OC(C(=O)NC(C(=O)O)C(C)C)C(C)C)cc1. The third-order valence-corrected chi connectivity index (χ3v) is 3.69. The predicted octanol–water partition coefficient (Wildman–Crippen LogP) is 2.88. The number of nitrogens with one attached hydrogen (secondary N) is 1. The molecule has 1 aromatic rings. The molecule has 5 heteroatoms. The Labute approximate surface area is 138 Å². The zero-order valence-electron chi connectivity index (χ0n) is 14.5. The van der Waals surface area contributed by atoms with Crippen LogP contribution in [0.3, 0.4) is 0 Å². The maximum Gasteiger partial charge on any atom is 0.326 e. The van der Waals surface area contributed by atoms with E-state index in [-0.39, 0.29) is 11.8 Å². The molecule has 0 aliphatic rings. The van der Waals surface area contributed by atoms with Crippen LogP contribution < -0.4 is 10.1 Å². The number of benzene rings is 1. The maximum atomic E-state index is 12.4. The third-order valence-electron chi connectivity index (χ3n) is 3.69. The average Bonchev–Trinajstić information content (AvgIpc) is 2.49. The second kappa shape index (κ2) is 8.56. The van der Waals surface area contributed by atoms with Crippen molar-refractivity contribution in [2.24, 2.45) is 11.8 Å². The lowest BCUT2D eigenvalue weighted by atomic mass is 10.0. The molecule has 2 N–H and O–H groups in total. The fraction of sp³-hybridized carbons (Fsp3) is 0.556. The summed E-state index contributed by atoms with van der Waals surface area (Å²) in [6.07, 6.45) is 0.200. The first-order chi connectivity index (χ1) is 10.8. The molecule has 0 radical (unpaired) electrons. The van der Waals surface area contributed by atoms with E-state index in [9.17, 15) is 14.7 Å². The van der Waals surface area contributed by atoms with Crippen LogP contribution in [-0.4, -0.2) is 29.1 Å². The van der Waals surface area contributed by atoms with E-state index in [0.29, 0.717) is 5.75 Å². The van der Waals surface area contributed by atoms with Gasteiger partial charge in [0.25, 0.3) is 5.91 Å². The summed E-state index contributed by atoms with van der Waals surface area (Å²) in [5.74, 6) is -1.12. The van der Waals surface area contributed by atoms with Crippen molar-refractivity contribution < 1.29 is 19.4 Å². The average molecular weight is 321 g/mol. The number of aliphatic carboxylic acids is 1. The molecule has 0 fully saturated rings. The van der Waals surface area contributed by atoms with Crippen LogP contribution in [0.4, 0.5) is 0 Å². The topological polar surface area (TPSA) is 75.6 Å². The highest BCUT2D eigenvalue weighted by molar-refractivity contribution is 5.86. The molecule has 0 heterocycles. The summed E-state index contributed by atoms with van der Waals surface area (Å²) in [5.41, 5.74) is 1.19. The number of carboxylic acid groups (broad SMARTS) is 1. The smallest absolute Gasteiger partial charge is 0.326 e. The van der Waals surface area contributed by atoms with Crippen molar-refractivity contribution in [1.29, 1.82) is 0 Å². The van der Waals surface area contributed by atoms with Gasteiger partial charge >= 0.3 is 5.97 Å². The van der Waals surface area contributed by atoms with E-state index in [1.54, 1.807) is 13.8 Å². The van der Waals surface area contributed by atoms with Gasteiger partial charge in [-0.15, -0.1) is 0 Å². The molecule has 0 aliphatic heterocycles. The Balaban J connectivity index is 2.84. The summed E-state index contributed by atoms with van der Waals surface area (Å²) in [6.45, 7) is 9.32. The van der Waals surface area contributed by atoms with E-state index in [0.717, 1.165) is 6.42 Å². The summed E-state index contributed by atoms with van der Waals surface area (Å²) in [4.78, 5) is 23.7. The molecule has 2 atom stereocenters. The van der Waals surface area contributed by atoms with Gasteiger partial charge in [-0.3, -0.25) is 4.79 Å². The first-order valence-electron chi connectivity index (χ1n) is 8.05. The van der Waals surface area contributed by atoms with Crippen molar-refractivity contribution in [1.82, 2.24) is 5.32 Å². The van der Waals surface area contributed by atoms with Crippen LogP contribution in [0.25, 0.3) is 0 Å². The zero-order chi connectivity index (χ0) is 17.6. The minimum atomic E-state index is -1.04. The number of carbonyl (C=O) groups excluding carboxylic acids is 1. The number of ether oxygens (including phenoxy) is 1. The zero-order valence-corrected chi connectivity index (χ0v) is 14.5. The Bertz CT molecular complexity index is 522. The molecule has 0 aliphatic carbocycles. The number of hydrogen-bond acceptors (Lipinski definition) is 3. The maximum absolute atomic E-state index is 12.4. The van der Waals surface area contributed by atoms with E-state index in [2.05, 4.69) is 12.2 Å². The highest BCUT2D eigenvalue weighted by atomic mass is 16.5. The Morgan fingerprint density at radius 2 is 1.65 bits per heavy atom. The summed E-state index contributed by atoms with van der Waals surface area (Å²) in [7, 11) is 0. The number of amides is 1. The standard InChI is InChI=1S/C18H27NO4/c1-6-13-7-9-14(10-8-13)23-16(12(4)5)17(20)19-15(11(2)3)18(21)22/h7-12,15-16H,6H2,1-5H3,(H,19,20)(H,21,22). The first-order valence-corrected chi connectivity index (χ1v) is 8.05. The molecule has 23 heavy (non-hydrogen) atoms. The van der Waals surface area contributed by atoms with Crippen molar-refractivity contribution in [3.8, 4) is 5.75 Å². The van der Waals surface area contributed by atoms with Crippen molar-refractivity contribution in [2.45, 2.75) is 53.2 Å². The normalized spacial score (nSPS) is 13.7. The van der Waals surface area contributed by atoms with Crippen LogP contribution in [0.1, 0.15) is 40.2 Å². The van der Waals surface area contributed by atoms with E-state index >= 15 is 0 Å². The van der Waals surface area contributed by atoms with Crippen LogP contribution >= 0.6 is 0 Å².